The van der Waals surface area contributed by atoms with Crippen LogP contribution < -0.4 is 10.1 Å². The molecule has 0 unspecified atom stereocenters. The van der Waals surface area contributed by atoms with Crippen LogP contribution in [-0.4, -0.2) is 31.5 Å². The summed E-state index contributed by atoms with van der Waals surface area (Å²) in [6.45, 7) is 2.46. The number of likely N-dealkylation sites (N-methyl/N-ethyl adjacent to an activating group) is 1. The molecule has 0 heterocycles. The molecule has 0 aliphatic heterocycles. The number of amides is 1. The van der Waals surface area contributed by atoms with E-state index in [-0.39, 0.29) is 18.6 Å². The lowest BCUT2D eigenvalue weighted by Crippen LogP contribution is -2.27. The van der Waals surface area contributed by atoms with Crippen LogP contribution in [0.25, 0.3) is 11.1 Å². The Labute approximate surface area is 192 Å². The van der Waals surface area contributed by atoms with Gasteiger partial charge in [-0.2, -0.15) is 13.2 Å². The minimum Gasteiger partial charge on any atom is -0.483 e. The maximum Gasteiger partial charge on any atom is 0.416 e. The van der Waals surface area contributed by atoms with Crippen molar-refractivity contribution in [3.63, 3.8) is 0 Å². The number of carbonyl (C=O) groups is 1. The highest BCUT2D eigenvalue weighted by molar-refractivity contribution is 5.78. The first-order chi connectivity index (χ1) is 15.6. The van der Waals surface area contributed by atoms with Crippen LogP contribution in [0.4, 0.5) is 13.2 Å². The van der Waals surface area contributed by atoms with E-state index in [9.17, 15) is 18.0 Å². The Kier molecular flexibility index (Phi) is 7.76. The SMILES string of the molecule is C[C@@H](NCc1ccc(OCC(=O)N(C)C)c(-c2ccc(C(F)(F)F)cc2)c1)c1ccccc1. The summed E-state index contributed by atoms with van der Waals surface area (Å²) in [4.78, 5) is 13.4. The Morgan fingerprint density at radius 3 is 2.27 bits per heavy atom. The zero-order valence-electron chi connectivity index (χ0n) is 18.8. The van der Waals surface area contributed by atoms with Crippen LogP contribution in [0.1, 0.15) is 29.7 Å². The molecule has 0 fully saturated rings. The lowest BCUT2D eigenvalue weighted by molar-refractivity contribution is -0.137. The summed E-state index contributed by atoms with van der Waals surface area (Å²) in [6, 6.07) is 20.6. The van der Waals surface area contributed by atoms with Crippen LogP contribution in [0.15, 0.2) is 72.8 Å². The number of hydrogen-bond donors (Lipinski definition) is 1. The molecule has 3 rings (SSSR count). The summed E-state index contributed by atoms with van der Waals surface area (Å²) in [5.74, 6) is 0.223. The predicted molar refractivity (Wildman–Crippen MR) is 123 cm³/mol. The van der Waals surface area contributed by atoms with Gasteiger partial charge in [-0.05, 0) is 47.9 Å². The van der Waals surface area contributed by atoms with Crippen LogP contribution >= 0.6 is 0 Å². The number of ether oxygens (including phenoxy) is 1. The van der Waals surface area contributed by atoms with Gasteiger partial charge in [-0.3, -0.25) is 4.79 Å². The molecular weight excluding hydrogens is 429 g/mol. The molecule has 0 saturated carbocycles. The van der Waals surface area contributed by atoms with Gasteiger partial charge in [0.1, 0.15) is 5.75 Å². The number of alkyl halides is 3. The van der Waals surface area contributed by atoms with E-state index in [0.717, 1.165) is 23.3 Å². The highest BCUT2D eigenvalue weighted by Crippen LogP contribution is 2.35. The monoisotopic (exact) mass is 456 g/mol. The molecule has 0 aliphatic carbocycles. The van der Waals surface area contributed by atoms with E-state index in [2.05, 4.69) is 12.2 Å². The number of nitrogens with one attached hydrogen (secondary N) is 1. The fourth-order valence-electron chi connectivity index (χ4n) is 3.28. The highest BCUT2D eigenvalue weighted by atomic mass is 19.4. The second kappa shape index (κ2) is 10.5. The third kappa shape index (κ3) is 6.58. The minimum absolute atomic E-state index is 0.120. The molecule has 3 aromatic rings. The van der Waals surface area contributed by atoms with E-state index in [1.807, 2.05) is 42.5 Å². The van der Waals surface area contributed by atoms with Gasteiger partial charge in [0.2, 0.25) is 0 Å². The van der Waals surface area contributed by atoms with Crippen LogP contribution in [0.3, 0.4) is 0 Å². The van der Waals surface area contributed by atoms with Crippen molar-refractivity contribution in [2.24, 2.45) is 0 Å². The molecule has 1 N–H and O–H groups in total. The lowest BCUT2D eigenvalue weighted by atomic mass is 10.00. The van der Waals surface area contributed by atoms with Gasteiger partial charge in [0.05, 0.1) is 5.56 Å². The van der Waals surface area contributed by atoms with E-state index >= 15 is 0 Å². The van der Waals surface area contributed by atoms with E-state index in [1.54, 1.807) is 20.2 Å². The molecule has 33 heavy (non-hydrogen) atoms. The van der Waals surface area contributed by atoms with Crippen LogP contribution in [0, 0.1) is 0 Å². The molecule has 0 spiro atoms. The van der Waals surface area contributed by atoms with E-state index in [1.165, 1.54) is 17.0 Å². The summed E-state index contributed by atoms with van der Waals surface area (Å²) in [6.07, 6.45) is -4.41. The van der Waals surface area contributed by atoms with Crippen molar-refractivity contribution in [2.45, 2.75) is 25.7 Å². The molecule has 0 saturated heterocycles. The Balaban J connectivity index is 1.85. The fraction of sp³-hybridized carbons (Fsp3) is 0.269. The number of hydrogen-bond acceptors (Lipinski definition) is 3. The second-order valence-corrected chi connectivity index (χ2v) is 8.00. The van der Waals surface area contributed by atoms with Gasteiger partial charge in [-0.25, -0.2) is 0 Å². The summed E-state index contributed by atoms with van der Waals surface area (Å²) < 4.78 is 44.7. The normalized spacial score (nSPS) is 12.3. The van der Waals surface area contributed by atoms with Crippen molar-refractivity contribution in [1.29, 1.82) is 0 Å². The van der Waals surface area contributed by atoms with Crippen LogP contribution in [0.5, 0.6) is 5.75 Å². The number of rotatable bonds is 8. The summed E-state index contributed by atoms with van der Waals surface area (Å²) >= 11 is 0. The third-order valence-electron chi connectivity index (χ3n) is 5.33. The topological polar surface area (TPSA) is 41.6 Å². The molecule has 1 atom stereocenters. The largest absolute Gasteiger partial charge is 0.483 e. The van der Waals surface area contributed by atoms with Crippen molar-refractivity contribution in [3.05, 3.63) is 89.5 Å². The second-order valence-electron chi connectivity index (χ2n) is 8.00. The smallest absolute Gasteiger partial charge is 0.416 e. The Bertz CT molecular complexity index is 1070. The molecule has 3 aromatic carbocycles. The van der Waals surface area contributed by atoms with Gasteiger partial charge in [0.25, 0.3) is 5.91 Å². The summed E-state index contributed by atoms with van der Waals surface area (Å²) in [7, 11) is 3.26. The molecule has 0 aliphatic rings. The Hall–Kier alpha value is -3.32. The minimum atomic E-state index is -4.41. The maximum atomic E-state index is 13.0. The van der Waals surface area contributed by atoms with Gasteiger partial charge in [0.15, 0.2) is 6.61 Å². The zero-order valence-corrected chi connectivity index (χ0v) is 18.8. The average molecular weight is 457 g/mol. The number of benzene rings is 3. The number of carbonyl (C=O) groups excluding carboxylic acids is 1. The highest BCUT2D eigenvalue weighted by Gasteiger charge is 2.30. The molecule has 0 radical (unpaired) electrons. The first kappa shape index (κ1) is 24.3. The molecule has 174 valence electrons. The molecule has 0 aromatic heterocycles. The first-order valence-corrected chi connectivity index (χ1v) is 10.6. The van der Waals surface area contributed by atoms with Gasteiger partial charge in [-0.1, -0.05) is 48.5 Å². The average Bonchev–Trinajstić information content (AvgIpc) is 2.81. The maximum absolute atomic E-state index is 13.0. The van der Waals surface area contributed by atoms with E-state index in [4.69, 9.17) is 4.74 Å². The standard InChI is InChI=1S/C26H27F3N2O2/c1-18(20-7-5-4-6-8-20)30-16-19-9-14-24(33-17-25(32)31(2)3)23(15-19)21-10-12-22(13-11-21)26(27,28)29/h4-15,18,30H,16-17H2,1-3H3/t18-/m1/s1. The molecular formula is C26H27F3N2O2. The van der Waals surface area contributed by atoms with Gasteiger partial charge in [0, 0.05) is 32.2 Å². The molecule has 0 bridgehead atoms. The van der Waals surface area contributed by atoms with Gasteiger partial charge < -0.3 is 15.0 Å². The Morgan fingerprint density at radius 2 is 1.67 bits per heavy atom. The fourth-order valence-corrected chi connectivity index (χ4v) is 3.28. The quantitative estimate of drug-likeness (QED) is 0.474. The zero-order chi connectivity index (χ0) is 24.0. The Morgan fingerprint density at radius 1 is 1.00 bits per heavy atom. The molecule has 4 nitrogen and oxygen atoms in total. The van der Waals surface area contributed by atoms with Crippen molar-refractivity contribution >= 4 is 5.91 Å². The van der Waals surface area contributed by atoms with Crippen LogP contribution in [-0.2, 0) is 17.5 Å². The van der Waals surface area contributed by atoms with E-state index in [0.29, 0.717) is 23.4 Å². The first-order valence-electron chi connectivity index (χ1n) is 10.6. The molecule has 7 heteroatoms. The van der Waals surface area contributed by atoms with Crippen LogP contribution in [0.2, 0.25) is 0 Å². The summed E-state index contributed by atoms with van der Waals surface area (Å²) in [5, 5.41) is 3.46. The van der Waals surface area contributed by atoms with Crippen molar-refractivity contribution < 1.29 is 22.7 Å². The van der Waals surface area contributed by atoms with Gasteiger partial charge in [-0.15, -0.1) is 0 Å². The van der Waals surface area contributed by atoms with Crippen molar-refractivity contribution in [2.75, 3.05) is 20.7 Å². The predicted octanol–water partition coefficient (Wildman–Crippen LogP) is 5.69. The molecule has 1 amide bonds. The number of halogens is 3. The van der Waals surface area contributed by atoms with Crippen molar-refractivity contribution in [1.82, 2.24) is 10.2 Å². The summed E-state index contributed by atoms with van der Waals surface area (Å²) in [5.41, 5.74) is 2.59. The lowest BCUT2D eigenvalue weighted by Gasteiger charge is -2.18. The van der Waals surface area contributed by atoms with Gasteiger partial charge >= 0.3 is 6.18 Å². The third-order valence-corrected chi connectivity index (χ3v) is 5.33. The number of nitrogens with zero attached hydrogens (tertiary/aromatic N) is 1. The van der Waals surface area contributed by atoms with Crippen molar-refractivity contribution in [3.8, 4) is 16.9 Å². The van der Waals surface area contributed by atoms with E-state index < -0.39 is 11.7 Å².